The van der Waals surface area contributed by atoms with Crippen LogP contribution in [0.4, 0.5) is 29.5 Å². The molecule has 4 N–H and O–H groups in total. The van der Waals surface area contributed by atoms with Gasteiger partial charge in [-0.2, -0.15) is 0 Å². The average Bonchev–Trinajstić information content (AvgIpc) is 2.86. The Labute approximate surface area is 212 Å². The van der Waals surface area contributed by atoms with E-state index >= 15 is 0 Å². The van der Waals surface area contributed by atoms with Gasteiger partial charge in [-0.3, -0.25) is 0 Å². The van der Waals surface area contributed by atoms with Crippen LogP contribution < -0.4 is 35.5 Å². The smallest absolute Gasteiger partial charge is 0.488 e. The van der Waals surface area contributed by atoms with E-state index in [1.807, 2.05) is 0 Å². The van der Waals surface area contributed by atoms with Gasteiger partial charge in [-0.15, -0.1) is 13.2 Å². The molecule has 2 fully saturated rings. The van der Waals surface area contributed by atoms with Gasteiger partial charge in [0.15, 0.2) is 0 Å². The lowest BCUT2D eigenvalue weighted by molar-refractivity contribution is -0.274. The molecule has 0 spiro atoms. The van der Waals surface area contributed by atoms with E-state index in [1.165, 1.54) is 18.5 Å². The number of ether oxygens (including phenoxy) is 3. The number of benzene rings is 1. The minimum Gasteiger partial charge on any atom is -0.488 e. The molecule has 1 aromatic carbocycles. The third-order valence-electron chi connectivity index (χ3n) is 6.21. The number of hydrogen-bond donors (Lipinski definition) is 4. The van der Waals surface area contributed by atoms with Crippen LogP contribution in [0.1, 0.15) is 38.5 Å². The average molecular weight is 525 g/mol. The summed E-state index contributed by atoms with van der Waals surface area (Å²) in [5, 5.41) is 11.7. The summed E-state index contributed by atoms with van der Waals surface area (Å²) in [7, 11) is 1.76. The van der Waals surface area contributed by atoms with E-state index in [1.54, 1.807) is 13.1 Å². The summed E-state index contributed by atoms with van der Waals surface area (Å²) in [4.78, 5) is 20.9. The third kappa shape index (κ3) is 8.27. The molecular formula is C24H31F3N6O4. The highest BCUT2D eigenvalue weighted by atomic mass is 19.4. The summed E-state index contributed by atoms with van der Waals surface area (Å²) in [6.45, 7) is 1.56. The molecule has 2 heterocycles. The zero-order valence-electron chi connectivity index (χ0n) is 20.4. The van der Waals surface area contributed by atoms with E-state index in [0.29, 0.717) is 43.1 Å². The number of anilines is 2. The number of urea groups is 1. The summed E-state index contributed by atoms with van der Waals surface area (Å²) >= 11 is 0. The van der Waals surface area contributed by atoms with Crippen LogP contribution in [0.5, 0.6) is 17.4 Å². The molecule has 4 rings (SSSR count). The first-order chi connectivity index (χ1) is 17.8. The number of hydrogen-bond acceptors (Lipinski definition) is 8. The van der Waals surface area contributed by atoms with E-state index < -0.39 is 18.1 Å². The minimum absolute atomic E-state index is 0.0399. The number of alkyl halides is 3. The van der Waals surface area contributed by atoms with Gasteiger partial charge in [-0.25, -0.2) is 14.8 Å². The van der Waals surface area contributed by atoms with Crippen molar-refractivity contribution in [1.29, 1.82) is 0 Å². The second-order valence-corrected chi connectivity index (χ2v) is 8.95. The Bertz CT molecular complexity index is 1040. The molecule has 1 saturated heterocycles. The van der Waals surface area contributed by atoms with E-state index in [4.69, 9.17) is 9.47 Å². The first kappa shape index (κ1) is 26.6. The highest BCUT2D eigenvalue weighted by Gasteiger charge is 2.32. The lowest BCUT2D eigenvalue weighted by Crippen LogP contribution is -2.42. The van der Waals surface area contributed by atoms with Crippen LogP contribution in [-0.4, -0.2) is 60.7 Å². The van der Waals surface area contributed by atoms with Crippen LogP contribution in [0.3, 0.4) is 0 Å². The van der Waals surface area contributed by atoms with Crippen molar-refractivity contribution in [3.05, 3.63) is 30.6 Å². The third-order valence-corrected chi connectivity index (χ3v) is 6.21. The molecule has 0 bridgehead atoms. The van der Waals surface area contributed by atoms with Crippen molar-refractivity contribution in [2.75, 3.05) is 30.8 Å². The lowest BCUT2D eigenvalue weighted by Gasteiger charge is -2.29. The van der Waals surface area contributed by atoms with Gasteiger partial charge in [0.05, 0.1) is 5.69 Å². The SMILES string of the molecule is CNc1cc(O[C@H]2CC[C@H](NC(=O)Nc3cc(OC(F)(F)F)ccc3OC3CCNCC3)CC2)ncn1. The monoisotopic (exact) mass is 524 g/mol. The Balaban J connectivity index is 1.33. The molecule has 2 aromatic rings. The Morgan fingerprint density at radius 1 is 1.00 bits per heavy atom. The van der Waals surface area contributed by atoms with Crippen molar-refractivity contribution in [3.63, 3.8) is 0 Å². The summed E-state index contributed by atoms with van der Waals surface area (Å²) in [6, 6.07) is 4.76. The van der Waals surface area contributed by atoms with Gasteiger partial charge in [0, 0.05) is 25.2 Å². The summed E-state index contributed by atoms with van der Waals surface area (Å²) in [5.41, 5.74) is 0.110. The number of halogens is 3. The van der Waals surface area contributed by atoms with E-state index in [-0.39, 0.29) is 23.9 Å². The van der Waals surface area contributed by atoms with E-state index in [2.05, 4.69) is 36.0 Å². The van der Waals surface area contributed by atoms with Gasteiger partial charge >= 0.3 is 12.4 Å². The maximum absolute atomic E-state index is 12.8. The second-order valence-electron chi connectivity index (χ2n) is 8.95. The molecular weight excluding hydrogens is 493 g/mol. The minimum atomic E-state index is -4.85. The second kappa shape index (κ2) is 12.2. The Kier molecular flexibility index (Phi) is 8.74. The zero-order chi connectivity index (χ0) is 26.3. The number of amides is 2. The molecule has 2 amide bonds. The molecule has 37 heavy (non-hydrogen) atoms. The van der Waals surface area contributed by atoms with Crippen molar-refractivity contribution >= 4 is 17.5 Å². The molecule has 2 aliphatic rings. The number of carbonyl (C=O) groups excluding carboxylic acids is 1. The Morgan fingerprint density at radius 2 is 1.73 bits per heavy atom. The van der Waals surface area contributed by atoms with Gasteiger partial charge in [-0.05, 0) is 63.7 Å². The molecule has 0 radical (unpaired) electrons. The van der Waals surface area contributed by atoms with Gasteiger partial charge in [-0.1, -0.05) is 0 Å². The zero-order valence-corrected chi connectivity index (χ0v) is 20.4. The number of carbonyl (C=O) groups is 1. The number of rotatable bonds is 8. The van der Waals surface area contributed by atoms with E-state index in [0.717, 1.165) is 32.0 Å². The van der Waals surface area contributed by atoms with Crippen molar-refractivity contribution in [3.8, 4) is 17.4 Å². The molecule has 10 nitrogen and oxygen atoms in total. The van der Waals surface area contributed by atoms with Crippen molar-refractivity contribution in [2.45, 2.75) is 63.1 Å². The fourth-order valence-corrected chi connectivity index (χ4v) is 4.38. The van der Waals surface area contributed by atoms with Crippen LogP contribution in [0.15, 0.2) is 30.6 Å². The van der Waals surface area contributed by atoms with Crippen molar-refractivity contribution in [1.82, 2.24) is 20.6 Å². The molecule has 0 unspecified atom stereocenters. The van der Waals surface area contributed by atoms with Crippen LogP contribution in [0.2, 0.25) is 0 Å². The molecule has 0 atom stereocenters. The first-order valence-electron chi connectivity index (χ1n) is 12.3. The fourth-order valence-electron chi connectivity index (χ4n) is 4.38. The first-order valence-corrected chi connectivity index (χ1v) is 12.3. The molecule has 1 aliphatic heterocycles. The van der Waals surface area contributed by atoms with Gasteiger partial charge in [0.1, 0.15) is 35.9 Å². The molecule has 13 heteroatoms. The Morgan fingerprint density at radius 3 is 2.43 bits per heavy atom. The van der Waals surface area contributed by atoms with E-state index in [9.17, 15) is 18.0 Å². The largest absolute Gasteiger partial charge is 0.573 e. The van der Waals surface area contributed by atoms with Gasteiger partial charge < -0.3 is 35.5 Å². The van der Waals surface area contributed by atoms with Crippen molar-refractivity contribution < 1.29 is 32.2 Å². The predicted octanol–water partition coefficient (Wildman–Crippen LogP) is 4.06. The highest BCUT2D eigenvalue weighted by Crippen LogP contribution is 2.34. The quantitative estimate of drug-likeness (QED) is 0.408. The number of aromatic nitrogens is 2. The lowest BCUT2D eigenvalue weighted by atomic mass is 9.93. The van der Waals surface area contributed by atoms with Crippen LogP contribution in [-0.2, 0) is 0 Å². The van der Waals surface area contributed by atoms with Crippen molar-refractivity contribution in [2.24, 2.45) is 0 Å². The number of nitrogens with zero attached hydrogens (tertiary/aromatic N) is 2. The Hall–Kier alpha value is -3.48. The summed E-state index contributed by atoms with van der Waals surface area (Å²) in [6.07, 6.45) is 0.720. The predicted molar refractivity (Wildman–Crippen MR) is 130 cm³/mol. The standard InChI is InChI=1S/C24H31F3N6O4/c1-28-21-13-22(31-14-30-21)36-16-4-2-15(3-5-16)32-23(34)33-19-12-18(37-24(25,26)27)6-7-20(19)35-17-8-10-29-11-9-17/h6-7,12-17,29H,2-5,8-11H2,1H3,(H,28,30,31)(H2,32,33,34)/t15-,16-. The summed E-state index contributed by atoms with van der Waals surface area (Å²) in [5.74, 6) is 0.990. The molecule has 1 aliphatic carbocycles. The van der Waals surface area contributed by atoms with Gasteiger partial charge in [0.2, 0.25) is 5.88 Å². The molecule has 202 valence electrons. The van der Waals surface area contributed by atoms with Crippen LogP contribution in [0, 0.1) is 0 Å². The fraction of sp³-hybridized carbons (Fsp3) is 0.542. The van der Waals surface area contributed by atoms with Gasteiger partial charge in [0.25, 0.3) is 0 Å². The number of piperidine rings is 1. The molecule has 1 saturated carbocycles. The maximum Gasteiger partial charge on any atom is 0.573 e. The van der Waals surface area contributed by atoms with Crippen LogP contribution >= 0.6 is 0 Å². The van der Waals surface area contributed by atoms with Crippen LogP contribution in [0.25, 0.3) is 0 Å². The highest BCUT2D eigenvalue weighted by molar-refractivity contribution is 5.91. The maximum atomic E-state index is 12.8. The summed E-state index contributed by atoms with van der Waals surface area (Å²) < 4.78 is 54.2. The molecule has 1 aromatic heterocycles. The normalized spacial score (nSPS) is 20.5. The topological polar surface area (TPSA) is 119 Å². The number of nitrogens with one attached hydrogen (secondary N) is 4.